The molecule has 4 heteroatoms. The van der Waals surface area contributed by atoms with Gasteiger partial charge in [-0.15, -0.1) is 0 Å². The van der Waals surface area contributed by atoms with Crippen LogP contribution in [0.15, 0.2) is 0 Å². The molecule has 4 fully saturated rings. The summed E-state index contributed by atoms with van der Waals surface area (Å²) in [6.45, 7) is 4.19. The van der Waals surface area contributed by atoms with Crippen molar-refractivity contribution in [2.75, 3.05) is 6.61 Å². The average Bonchev–Trinajstić information content (AvgIpc) is 2.91. The van der Waals surface area contributed by atoms with Gasteiger partial charge in [-0.05, 0) is 85.9 Å². The zero-order valence-corrected chi connectivity index (χ0v) is 15.7. The third-order valence-corrected chi connectivity index (χ3v) is 9.11. The molecule has 0 radical (unpaired) electrons. The number of Topliss-reactive ketones (excluding diaryl/α,β-unsaturated/α-hetero) is 1. The van der Waals surface area contributed by atoms with E-state index in [1.165, 1.54) is 0 Å². The van der Waals surface area contributed by atoms with E-state index >= 15 is 0 Å². The number of aliphatic hydroxyl groups excluding tert-OH is 3. The number of carbonyl (C=O) groups is 1. The highest BCUT2D eigenvalue weighted by Crippen LogP contribution is 2.67. The van der Waals surface area contributed by atoms with Crippen LogP contribution in [0, 0.1) is 40.4 Å². The lowest BCUT2D eigenvalue weighted by Gasteiger charge is -2.62. The maximum Gasteiger partial charge on any atom is 0.161 e. The Bertz CT molecular complexity index is 548. The lowest BCUT2D eigenvalue weighted by Crippen LogP contribution is -2.59. The number of carbonyl (C=O) groups excluding carboxylic acids is 1. The van der Waals surface area contributed by atoms with E-state index in [-0.39, 0.29) is 41.3 Å². The number of hydrogen-bond acceptors (Lipinski definition) is 4. The molecule has 142 valence electrons. The van der Waals surface area contributed by atoms with Crippen LogP contribution in [0.1, 0.15) is 65.2 Å². The van der Waals surface area contributed by atoms with Crippen LogP contribution >= 0.6 is 0 Å². The minimum atomic E-state index is -0.366. The zero-order valence-electron chi connectivity index (χ0n) is 15.7. The van der Waals surface area contributed by atoms with Gasteiger partial charge in [0, 0.05) is 5.92 Å². The third kappa shape index (κ3) is 2.47. The Morgan fingerprint density at radius 1 is 1.04 bits per heavy atom. The van der Waals surface area contributed by atoms with Gasteiger partial charge in [0.05, 0.1) is 12.2 Å². The van der Waals surface area contributed by atoms with E-state index in [1.54, 1.807) is 0 Å². The predicted octanol–water partition coefficient (Wildman–Crippen LogP) is 2.54. The number of hydrogen-bond donors (Lipinski definition) is 3. The lowest BCUT2D eigenvalue weighted by atomic mass is 9.44. The summed E-state index contributed by atoms with van der Waals surface area (Å²) in [6.07, 6.45) is 7.12. The predicted molar refractivity (Wildman–Crippen MR) is 94.7 cm³/mol. The van der Waals surface area contributed by atoms with E-state index in [0.29, 0.717) is 30.1 Å². The summed E-state index contributed by atoms with van der Waals surface area (Å²) in [5.41, 5.74) is -0.0280. The van der Waals surface area contributed by atoms with Crippen LogP contribution < -0.4 is 0 Å². The van der Waals surface area contributed by atoms with Crippen molar-refractivity contribution in [3.8, 4) is 0 Å². The molecular formula is C21H34O4. The maximum atomic E-state index is 12.3. The third-order valence-electron chi connectivity index (χ3n) is 9.11. The summed E-state index contributed by atoms with van der Waals surface area (Å²) >= 11 is 0. The van der Waals surface area contributed by atoms with Gasteiger partial charge in [0.2, 0.25) is 0 Å². The largest absolute Gasteiger partial charge is 0.393 e. The fraction of sp³-hybridized carbons (Fsp3) is 0.952. The molecule has 9 atom stereocenters. The second kappa shape index (κ2) is 6.03. The number of rotatable bonds is 2. The van der Waals surface area contributed by atoms with Gasteiger partial charge in [0.1, 0.15) is 6.61 Å². The van der Waals surface area contributed by atoms with E-state index in [2.05, 4.69) is 13.8 Å². The monoisotopic (exact) mass is 350 g/mol. The Morgan fingerprint density at radius 3 is 2.52 bits per heavy atom. The smallest absolute Gasteiger partial charge is 0.161 e. The minimum absolute atomic E-state index is 0.0312. The van der Waals surface area contributed by atoms with E-state index in [9.17, 15) is 20.1 Å². The molecule has 0 amide bonds. The summed E-state index contributed by atoms with van der Waals surface area (Å²) in [7, 11) is 0. The van der Waals surface area contributed by atoms with Crippen LogP contribution in [0.25, 0.3) is 0 Å². The molecule has 25 heavy (non-hydrogen) atoms. The molecule has 1 unspecified atom stereocenters. The van der Waals surface area contributed by atoms with E-state index in [1.807, 2.05) is 0 Å². The molecule has 0 spiro atoms. The summed E-state index contributed by atoms with van der Waals surface area (Å²) in [4.78, 5) is 12.3. The molecule has 4 rings (SSSR count). The highest BCUT2D eigenvalue weighted by molar-refractivity contribution is 5.83. The topological polar surface area (TPSA) is 77.8 Å². The fourth-order valence-corrected chi connectivity index (χ4v) is 8.00. The Labute approximate surface area is 151 Å². The Morgan fingerprint density at radius 2 is 1.80 bits per heavy atom. The van der Waals surface area contributed by atoms with Crippen molar-refractivity contribution in [1.82, 2.24) is 0 Å². The molecule has 0 aliphatic heterocycles. The van der Waals surface area contributed by atoms with Gasteiger partial charge in [-0.2, -0.15) is 0 Å². The van der Waals surface area contributed by atoms with Crippen molar-refractivity contribution in [1.29, 1.82) is 0 Å². The minimum Gasteiger partial charge on any atom is -0.393 e. The van der Waals surface area contributed by atoms with E-state index in [4.69, 9.17) is 0 Å². The Hall–Kier alpha value is -0.450. The molecule has 4 aliphatic rings. The zero-order chi connectivity index (χ0) is 18.0. The Kier molecular flexibility index (Phi) is 4.33. The molecule has 0 aromatic rings. The number of ketones is 1. The fourth-order valence-electron chi connectivity index (χ4n) is 8.00. The SMILES string of the molecule is C[C@]12CC[C@@H](O)C[C@@H]1CCC1[C@@H]2[C@@H](O)C[C@]2(C)[C@@H](C(=O)CO)CC[C@@H]12. The van der Waals surface area contributed by atoms with Crippen LogP contribution in [0.5, 0.6) is 0 Å². The van der Waals surface area contributed by atoms with Crippen molar-refractivity contribution in [3.63, 3.8) is 0 Å². The van der Waals surface area contributed by atoms with Crippen molar-refractivity contribution in [3.05, 3.63) is 0 Å². The standard InChI is InChI=1S/C21H34O4/c1-20-8-7-13(23)9-12(20)3-4-14-15-5-6-16(18(25)11-22)21(15,2)10-17(24)19(14)20/h12-17,19,22-24H,3-11H2,1-2H3/t12-,13+,14?,15-,16+,17-,19+,20-,21-/m0/s1. The van der Waals surface area contributed by atoms with Crippen molar-refractivity contribution >= 4 is 5.78 Å². The molecule has 0 bridgehead atoms. The maximum absolute atomic E-state index is 12.3. The summed E-state index contributed by atoms with van der Waals surface area (Å²) in [5.74, 6) is 1.69. The quantitative estimate of drug-likeness (QED) is 0.715. The highest BCUT2D eigenvalue weighted by Gasteiger charge is 2.63. The Balaban J connectivity index is 1.65. The van der Waals surface area contributed by atoms with Crippen LogP contribution in [0.3, 0.4) is 0 Å². The van der Waals surface area contributed by atoms with Crippen molar-refractivity contribution < 1.29 is 20.1 Å². The molecule has 3 N–H and O–H groups in total. The molecular weight excluding hydrogens is 316 g/mol. The van der Waals surface area contributed by atoms with Gasteiger partial charge in [0.25, 0.3) is 0 Å². The van der Waals surface area contributed by atoms with Crippen molar-refractivity contribution in [2.45, 2.75) is 77.4 Å². The summed E-state index contributed by atoms with van der Waals surface area (Å²) < 4.78 is 0. The first-order valence-electron chi connectivity index (χ1n) is 10.3. The summed E-state index contributed by atoms with van der Waals surface area (Å²) in [6, 6.07) is 0. The second-order valence-electron chi connectivity index (χ2n) is 10.0. The van der Waals surface area contributed by atoms with Gasteiger partial charge in [-0.1, -0.05) is 13.8 Å². The first kappa shape index (κ1) is 17.9. The first-order valence-corrected chi connectivity index (χ1v) is 10.3. The van der Waals surface area contributed by atoms with Gasteiger partial charge in [0.15, 0.2) is 5.78 Å². The van der Waals surface area contributed by atoms with E-state index < -0.39 is 0 Å². The molecule has 0 aromatic heterocycles. The number of aliphatic hydroxyl groups is 3. The molecule has 4 saturated carbocycles. The summed E-state index contributed by atoms with van der Waals surface area (Å²) in [5, 5.41) is 30.7. The van der Waals surface area contributed by atoms with Gasteiger partial charge < -0.3 is 15.3 Å². The van der Waals surface area contributed by atoms with Gasteiger partial charge >= 0.3 is 0 Å². The average molecular weight is 350 g/mol. The van der Waals surface area contributed by atoms with Crippen molar-refractivity contribution in [2.24, 2.45) is 40.4 Å². The normalized spacial score (nSPS) is 55.2. The van der Waals surface area contributed by atoms with Crippen LogP contribution in [-0.2, 0) is 4.79 Å². The van der Waals surface area contributed by atoms with Crippen LogP contribution in [0.2, 0.25) is 0 Å². The molecule has 4 aliphatic carbocycles. The van der Waals surface area contributed by atoms with Gasteiger partial charge in [-0.25, -0.2) is 0 Å². The van der Waals surface area contributed by atoms with Crippen LogP contribution in [-0.4, -0.2) is 39.9 Å². The lowest BCUT2D eigenvalue weighted by molar-refractivity contribution is -0.179. The highest BCUT2D eigenvalue weighted by atomic mass is 16.3. The molecule has 4 nitrogen and oxygen atoms in total. The molecule has 0 aromatic carbocycles. The number of fused-ring (bicyclic) bond motifs is 5. The van der Waals surface area contributed by atoms with Crippen LogP contribution in [0.4, 0.5) is 0 Å². The second-order valence-corrected chi connectivity index (χ2v) is 10.0. The molecule has 0 heterocycles. The van der Waals surface area contributed by atoms with E-state index in [0.717, 1.165) is 44.9 Å². The molecule has 0 saturated heterocycles. The van der Waals surface area contributed by atoms with Gasteiger partial charge in [-0.3, -0.25) is 4.79 Å². The first-order chi connectivity index (χ1) is 11.8.